The summed E-state index contributed by atoms with van der Waals surface area (Å²) in [4.78, 5) is 0. The lowest BCUT2D eigenvalue weighted by Gasteiger charge is -2.32. The zero-order valence-electron chi connectivity index (χ0n) is 11.3. The largest absolute Gasteiger partial charge is 0.310 e. The molecule has 2 heterocycles. The van der Waals surface area contributed by atoms with E-state index in [1.165, 1.54) is 12.2 Å². The van der Waals surface area contributed by atoms with Crippen LogP contribution < -0.4 is 5.32 Å². The lowest BCUT2D eigenvalue weighted by molar-refractivity contribution is 0.276. The third-order valence-corrected chi connectivity index (χ3v) is 7.12. The Labute approximate surface area is 115 Å². The molecule has 0 radical (unpaired) electrons. The average molecular weight is 292 g/mol. The number of hydrogen-bond acceptors (Lipinski definition) is 4. The summed E-state index contributed by atoms with van der Waals surface area (Å²) in [7, 11) is -2.98. The summed E-state index contributed by atoms with van der Waals surface area (Å²) >= 11 is 2.03. The summed E-state index contributed by atoms with van der Waals surface area (Å²) in [6, 6.07) is 1.13. The Balaban J connectivity index is 1.77. The van der Waals surface area contributed by atoms with Crippen molar-refractivity contribution in [1.29, 1.82) is 0 Å². The molecule has 0 aromatic heterocycles. The Kier molecular flexibility index (Phi) is 4.97. The van der Waals surface area contributed by atoms with Crippen LogP contribution in [0.15, 0.2) is 0 Å². The van der Waals surface area contributed by atoms with Crippen molar-refractivity contribution in [3.05, 3.63) is 0 Å². The van der Waals surface area contributed by atoms with Crippen molar-refractivity contribution in [1.82, 2.24) is 9.62 Å². The summed E-state index contributed by atoms with van der Waals surface area (Å²) in [5.74, 6) is 1.43. The van der Waals surface area contributed by atoms with Crippen LogP contribution in [0, 0.1) is 0 Å². The molecule has 0 bridgehead atoms. The quantitative estimate of drug-likeness (QED) is 0.848. The molecule has 0 spiro atoms. The second-order valence-corrected chi connectivity index (χ2v) is 9.05. The molecule has 1 N–H and O–H groups in total. The molecule has 4 nitrogen and oxygen atoms in total. The van der Waals surface area contributed by atoms with Crippen LogP contribution in [0.5, 0.6) is 0 Å². The van der Waals surface area contributed by atoms with Crippen LogP contribution in [0.3, 0.4) is 0 Å². The minimum Gasteiger partial charge on any atom is -0.310 e. The molecule has 2 aliphatic rings. The fraction of sp³-hybridized carbons (Fsp3) is 1.00. The van der Waals surface area contributed by atoms with Crippen LogP contribution in [0.25, 0.3) is 0 Å². The van der Waals surface area contributed by atoms with Crippen molar-refractivity contribution in [2.24, 2.45) is 0 Å². The first-order valence-corrected chi connectivity index (χ1v) is 9.52. The number of nitrogens with zero attached hydrogens (tertiary/aromatic N) is 1. The maximum Gasteiger partial charge on any atom is 0.213 e. The Morgan fingerprint density at radius 2 is 1.94 bits per heavy atom. The molecule has 2 rings (SSSR count). The molecule has 106 valence electrons. The molecule has 2 fully saturated rings. The van der Waals surface area contributed by atoms with E-state index in [1.54, 1.807) is 11.2 Å². The van der Waals surface area contributed by atoms with E-state index >= 15 is 0 Å². The topological polar surface area (TPSA) is 49.4 Å². The van der Waals surface area contributed by atoms with Crippen molar-refractivity contribution in [2.45, 2.75) is 50.4 Å². The molecule has 2 unspecified atom stereocenters. The van der Waals surface area contributed by atoms with E-state index in [0.717, 1.165) is 18.1 Å². The van der Waals surface area contributed by atoms with Gasteiger partial charge in [-0.2, -0.15) is 11.8 Å². The van der Waals surface area contributed by atoms with Crippen LogP contribution in [-0.4, -0.2) is 54.7 Å². The first-order chi connectivity index (χ1) is 8.51. The van der Waals surface area contributed by atoms with Crippen LogP contribution >= 0.6 is 11.8 Å². The van der Waals surface area contributed by atoms with E-state index in [2.05, 4.69) is 12.2 Å². The van der Waals surface area contributed by atoms with Gasteiger partial charge in [-0.1, -0.05) is 6.92 Å². The first-order valence-electron chi connectivity index (χ1n) is 6.86. The van der Waals surface area contributed by atoms with Gasteiger partial charge in [0.05, 0.1) is 5.75 Å². The van der Waals surface area contributed by atoms with E-state index in [9.17, 15) is 8.42 Å². The second-order valence-electron chi connectivity index (χ2n) is 5.32. The third-order valence-electron chi connectivity index (χ3n) is 3.88. The Morgan fingerprint density at radius 1 is 1.28 bits per heavy atom. The lowest BCUT2D eigenvalue weighted by Crippen LogP contribution is -2.48. The first kappa shape index (κ1) is 14.6. The van der Waals surface area contributed by atoms with E-state index in [0.29, 0.717) is 25.2 Å². The van der Waals surface area contributed by atoms with Gasteiger partial charge in [-0.25, -0.2) is 12.7 Å². The minimum atomic E-state index is -2.98. The minimum absolute atomic E-state index is 0.224. The Bertz CT molecular complexity index is 364. The van der Waals surface area contributed by atoms with Gasteiger partial charge >= 0.3 is 0 Å². The Hall–Kier alpha value is 0.220. The van der Waals surface area contributed by atoms with Gasteiger partial charge in [0.15, 0.2) is 0 Å². The van der Waals surface area contributed by atoms with Gasteiger partial charge in [0.1, 0.15) is 0 Å². The summed E-state index contributed by atoms with van der Waals surface area (Å²) in [6.45, 7) is 5.37. The van der Waals surface area contributed by atoms with E-state index in [-0.39, 0.29) is 5.75 Å². The van der Waals surface area contributed by atoms with Gasteiger partial charge < -0.3 is 5.32 Å². The molecular formula is C12H24N2O2S2. The zero-order valence-corrected chi connectivity index (χ0v) is 12.9. The van der Waals surface area contributed by atoms with Crippen LogP contribution in [0.1, 0.15) is 33.1 Å². The normalized spacial score (nSPS) is 31.9. The van der Waals surface area contributed by atoms with E-state index in [1.807, 2.05) is 11.8 Å². The van der Waals surface area contributed by atoms with Crippen LogP contribution in [-0.2, 0) is 10.0 Å². The highest BCUT2D eigenvalue weighted by atomic mass is 32.2. The number of hydrogen-bond donors (Lipinski definition) is 1. The van der Waals surface area contributed by atoms with Gasteiger partial charge in [-0.3, -0.25) is 0 Å². The zero-order chi connectivity index (χ0) is 13.2. The highest BCUT2D eigenvalue weighted by Crippen LogP contribution is 2.27. The van der Waals surface area contributed by atoms with Gasteiger partial charge in [0.2, 0.25) is 10.0 Å². The molecule has 0 aromatic rings. The van der Waals surface area contributed by atoms with Crippen molar-refractivity contribution in [3.63, 3.8) is 0 Å². The predicted molar refractivity (Wildman–Crippen MR) is 77.5 cm³/mol. The number of piperidine rings is 1. The predicted octanol–water partition coefficient (Wildman–Crippen LogP) is 1.28. The summed E-state index contributed by atoms with van der Waals surface area (Å²) in [5, 5.41) is 4.46. The maximum atomic E-state index is 11.8. The van der Waals surface area contributed by atoms with Crippen LogP contribution in [0.2, 0.25) is 0 Å². The van der Waals surface area contributed by atoms with E-state index < -0.39 is 10.0 Å². The molecule has 0 saturated carbocycles. The van der Waals surface area contributed by atoms with Crippen molar-refractivity contribution < 1.29 is 8.42 Å². The van der Waals surface area contributed by atoms with Crippen molar-refractivity contribution in [2.75, 3.05) is 24.6 Å². The van der Waals surface area contributed by atoms with Crippen molar-refractivity contribution >= 4 is 21.8 Å². The van der Waals surface area contributed by atoms with Crippen LogP contribution in [0.4, 0.5) is 0 Å². The third kappa shape index (κ3) is 3.62. The molecule has 2 saturated heterocycles. The second kappa shape index (κ2) is 6.11. The van der Waals surface area contributed by atoms with Gasteiger partial charge in [0, 0.05) is 36.2 Å². The fourth-order valence-corrected chi connectivity index (χ4v) is 5.04. The maximum absolute atomic E-state index is 11.8. The highest BCUT2D eigenvalue weighted by Gasteiger charge is 2.29. The fourth-order valence-electron chi connectivity index (χ4n) is 2.75. The van der Waals surface area contributed by atoms with Crippen molar-refractivity contribution in [3.8, 4) is 0 Å². The highest BCUT2D eigenvalue weighted by molar-refractivity contribution is 8.00. The molecule has 2 aliphatic heterocycles. The standard InChI is InChI=1S/C12H24N2O2S2/c1-3-18(15,16)14-6-4-11(5-7-14)13-12-8-10(2)17-9-12/h10-13H,3-9H2,1-2H3. The SMILES string of the molecule is CCS(=O)(=O)N1CCC(NC2CSC(C)C2)CC1. The molecule has 0 aliphatic carbocycles. The number of sulfonamides is 1. The van der Waals surface area contributed by atoms with Gasteiger partial charge in [-0.15, -0.1) is 0 Å². The molecule has 0 aromatic carbocycles. The van der Waals surface area contributed by atoms with Gasteiger partial charge in [-0.05, 0) is 26.2 Å². The molecule has 18 heavy (non-hydrogen) atoms. The molecule has 0 amide bonds. The summed E-state index contributed by atoms with van der Waals surface area (Å²) in [6.07, 6.45) is 3.15. The summed E-state index contributed by atoms with van der Waals surface area (Å²) in [5.41, 5.74) is 0. The van der Waals surface area contributed by atoms with E-state index in [4.69, 9.17) is 0 Å². The summed E-state index contributed by atoms with van der Waals surface area (Å²) < 4.78 is 25.2. The lowest BCUT2D eigenvalue weighted by atomic mass is 10.0. The molecule has 2 atom stereocenters. The Morgan fingerprint density at radius 3 is 2.44 bits per heavy atom. The monoisotopic (exact) mass is 292 g/mol. The molecular weight excluding hydrogens is 268 g/mol. The number of rotatable bonds is 4. The molecule has 6 heteroatoms. The smallest absolute Gasteiger partial charge is 0.213 e. The number of nitrogens with one attached hydrogen (secondary N) is 1. The number of thioether (sulfide) groups is 1. The average Bonchev–Trinajstić information content (AvgIpc) is 2.75. The van der Waals surface area contributed by atoms with Gasteiger partial charge in [0.25, 0.3) is 0 Å².